The molecule has 0 bridgehead atoms. The van der Waals surface area contributed by atoms with Gasteiger partial charge >= 0.3 is 11.9 Å². The molecule has 0 heterocycles. The zero-order chi connectivity index (χ0) is 29.3. The maximum absolute atomic E-state index is 12.2. The van der Waals surface area contributed by atoms with E-state index in [1.54, 1.807) is 0 Å². The van der Waals surface area contributed by atoms with E-state index in [0.29, 0.717) is 6.42 Å². The average molecular weight is 572 g/mol. The van der Waals surface area contributed by atoms with Crippen molar-refractivity contribution in [2.24, 2.45) is 0 Å². The van der Waals surface area contributed by atoms with E-state index in [4.69, 9.17) is 5.11 Å². The van der Waals surface area contributed by atoms with Gasteiger partial charge in [0.1, 0.15) is 18.6 Å². The van der Waals surface area contributed by atoms with E-state index in [2.05, 4.69) is 47.7 Å². The molecule has 11 heteroatoms. The third-order valence-corrected chi connectivity index (χ3v) is 6.57. The van der Waals surface area contributed by atoms with Crippen LogP contribution in [-0.4, -0.2) is 64.3 Å². The van der Waals surface area contributed by atoms with Crippen LogP contribution in [0.4, 0.5) is 0 Å². The highest BCUT2D eigenvalue weighted by atomic mass is 32.1. The number of amides is 3. The molecule has 10 nitrogen and oxygen atoms in total. The van der Waals surface area contributed by atoms with Gasteiger partial charge in [0, 0.05) is 18.6 Å². The van der Waals surface area contributed by atoms with Crippen LogP contribution in [0.25, 0.3) is 0 Å². The van der Waals surface area contributed by atoms with Gasteiger partial charge in [0.15, 0.2) is 0 Å². The molecule has 2 unspecified atom stereocenters. The van der Waals surface area contributed by atoms with Crippen LogP contribution < -0.4 is 16.0 Å². The summed E-state index contributed by atoms with van der Waals surface area (Å²) < 4.78 is 0. The van der Waals surface area contributed by atoms with Crippen molar-refractivity contribution in [1.29, 1.82) is 0 Å². The first-order valence-electron chi connectivity index (χ1n) is 14.3. The minimum atomic E-state index is -1.24. The maximum Gasteiger partial charge on any atom is 0.326 e. The van der Waals surface area contributed by atoms with Crippen LogP contribution in [-0.2, 0) is 24.0 Å². The Labute approximate surface area is 238 Å². The van der Waals surface area contributed by atoms with E-state index in [1.807, 2.05) is 0 Å². The first kappa shape index (κ1) is 36.4. The molecule has 2 atom stereocenters. The highest BCUT2D eigenvalue weighted by Gasteiger charge is 2.23. The second-order valence-corrected chi connectivity index (χ2v) is 10.1. The molecule has 3 amide bonds. The summed E-state index contributed by atoms with van der Waals surface area (Å²) in [5, 5.41) is 25.0. The van der Waals surface area contributed by atoms with Crippen LogP contribution in [0.1, 0.15) is 110 Å². The van der Waals surface area contributed by atoms with Crippen LogP contribution in [0.3, 0.4) is 0 Å². The first-order chi connectivity index (χ1) is 18.7. The van der Waals surface area contributed by atoms with Crippen molar-refractivity contribution in [3.8, 4) is 0 Å². The van der Waals surface area contributed by atoms with Crippen molar-refractivity contribution < 1.29 is 34.2 Å². The Morgan fingerprint density at radius 3 is 1.77 bits per heavy atom. The van der Waals surface area contributed by atoms with Crippen molar-refractivity contribution in [3.05, 3.63) is 12.2 Å². The van der Waals surface area contributed by atoms with Gasteiger partial charge in [0.25, 0.3) is 0 Å². The topological polar surface area (TPSA) is 162 Å². The van der Waals surface area contributed by atoms with Gasteiger partial charge in [-0.05, 0) is 38.5 Å². The van der Waals surface area contributed by atoms with E-state index >= 15 is 0 Å². The smallest absolute Gasteiger partial charge is 0.326 e. The number of nitrogens with one attached hydrogen (secondary N) is 3. The largest absolute Gasteiger partial charge is 0.480 e. The monoisotopic (exact) mass is 571 g/mol. The number of allylic oxidation sites excluding steroid dienone is 2. The van der Waals surface area contributed by atoms with E-state index < -0.39 is 42.4 Å². The van der Waals surface area contributed by atoms with E-state index in [1.165, 1.54) is 38.5 Å². The molecular weight excluding hydrogens is 522 g/mol. The Kier molecular flexibility index (Phi) is 22.9. The van der Waals surface area contributed by atoms with Gasteiger partial charge in [-0.1, -0.05) is 70.4 Å². The fourth-order valence-electron chi connectivity index (χ4n) is 3.90. The van der Waals surface area contributed by atoms with Crippen LogP contribution in [0.5, 0.6) is 0 Å². The Morgan fingerprint density at radius 1 is 0.718 bits per heavy atom. The summed E-state index contributed by atoms with van der Waals surface area (Å²) in [6.07, 6.45) is 19.3. The predicted molar refractivity (Wildman–Crippen MR) is 155 cm³/mol. The summed E-state index contributed by atoms with van der Waals surface area (Å²) in [5.41, 5.74) is 0. The Bertz CT molecular complexity index is 761. The van der Waals surface area contributed by atoms with Crippen molar-refractivity contribution in [2.75, 3.05) is 12.3 Å². The molecule has 0 spiro atoms. The molecule has 0 rings (SSSR count). The number of thiol groups is 1. The van der Waals surface area contributed by atoms with E-state index in [-0.39, 0.29) is 30.9 Å². The molecule has 0 aliphatic rings. The zero-order valence-electron chi connectivity index (χ0n) is 23.4. The third kappa shape index (κ3) is 22.0. The Hall–Kier alpha value is -2.56. The molecule has 224 valence electrons. The maximum atomic E-state index is 12.2. The predicted octanol–water partition coefficient (Wildman–Crippen LogP) is 3.99. The first-order valence-corrected chi connectivity index (χ1v) is 14.9. The second kappa shape index (κ2) is 24.5. The number of carbonyl (C=O) groups excluding carboxylic acids is 3. The zero-order valence-corrected chi connectivity index (χ0v) is 24.3. The number of hydrogen-bond donors (Lipinski definition) is 6. The Balaban J connectivity index is 4.02. The number of carbonyl (C=O) groups is 5. The van der Waals surface area contributed by atoms with Crippen molar-refractivity contribution in [1.82, 2.24) is 16.0 Å². The van der Waals surface area contributed by atoms with Crippen LogP contribution in [0, 0.1) is 0 Å². The molecule has 0 radical (unpaired) electrons. The highest BCUT2D eigenvalue weighted by molar-refractivity contribution is 7.80. The van der Waals surface area contributed by atoms with E-state index in [0.717, 1.165) is 38.5 Å². The standard InChI is InChI=1S/C28H49N3O7S/c1-2-3-4-5-6-7-8-9-10-11-12-13-14-15-16-17-24(32)30-22(28(37)38)18-19-25(33)31-23(21-39)27(36)29-20-26(34)35/h9-10,22-23,39H,2-8,11-21H2,1H3,(H,29,36)(H,30,32)(H,31,33)(H,34,35)(H,37,38)/b10-9-. The summed E-state index contributed by atoms with van der Waals surface area (Å²) in [7, 11) is 0. The Morgan fingerprint density at radius 2 is 1.23 bits per heavy atom. The molecule has 0 aromatic carbocycles. The molecule has 0 aliphatic heterocycles. The molecule has 0 fully saturated rings. The summed E-state index contributed by atoms with van der Waals surface area (Å²) in [5.74, 6) is -4.21. The van der Waals surface area contributed by atoms with Crippen molar-refractivity contribution in [2.45, 2.75) is 122 Å². The lowest BCUT2D eigenvalue weighted by Gasteiger charge is -2.17. The second-order valence-electron chi connectivity index (χ2n) is 9.75. The fourth-order valence-corrected chi connectivity index (χ4v) is 4.16. The number of rotatable bonds is 25. The van der Waals surface area contributed by atoms with Gasteiger partial charge in [0.05, 0.1) is 0 Å². The number of unbranched alkanes of at least 4 members (excludes halogenated alkanes) is 11. The average Bonchev–Trinajstić information content (AvgIpc) is 2.90. The summed E-state index contributed by atoms with van der Waals surface area (Å²) in [6.45, 7) is 1.64. The normalized spacial score (nSPS) is 12.6. The molecular formula is C28H49N3O7S. The number of hydrogen-bond acceptors (Lipinski definition) is 6. The van der Waals surface area contributed by atoms with Gasteiger partial charge in [0.2, 0.25) is 17.7 Å². The molecule has 5 N–H and O–H groups in total. The van der Waals surface area contributed by atoms with E-state index in [9.17, 15) is 29.1 Å². The molecule has 0 saturated heterocycles. The van der Waals surface area contributed by atoms with Gasteiger partial charge in [-0.3, -0.25) is 19.2 Å². The molecule has 39 heavy (non-hydrogen) atoms. The lowest BCUT2D eigenvalue weighted by molar-refractivity contribution is -0.142. The highest BCUT2D eigenvalue weighted by Crippen LogP contribution is 2.10. The van der Waals surface area contributed by atoms with Gasteiger partial charge in [-0.2, -0.15) is 12.6 Å². The minimum Gasteiger partial charge on any atom is -0.480 e. The fraction of sp³-hybridized carbons (Fsp3) is 0.750. The van der Waals surface area contributed by atoms with Crippen molar-refractivity contribution in [3.63, 3.8) is 0 Å². The lowest BCUT2D eigenvalue weighted by Crippen LogP contribution is -2.49. The number of carboxylic acids is 2. The lowest BCUT2D eigenvalue weighted by atomic mass is 10.1. The van der Waals surface area contributed by atoms with Gasteiger partial charge in [-0.25, -0.2) is 4.79 Å². The minimum absolute atomic E-state index is 0.0633. The van der Waals surface area contributed by atoms with Crippen molar-refractivity contribution >= 4 is 42.3 Å². The SMILES string of the molecule is CCCCCCCC/C=C\CCCCCCCC(=O)NC(CCC(=O)NC(CS)C(=O)NCC(=O)O)C(=O)O. The number of aliphatic carboxylic acids is 2. The molecule has 0 aromatic heterocycles. The molecule has 0 saturated carbocycles. The van der Waals surface area contributed by atoms with Gasteiger partial charge < -0.3 is 26.2 Å². The quantitative estimate of drug-likeness (QED) is 0.0548. The summed E-state index contributed by atoms with van der Waals surface area (Å²) >= 11 is 3.97. The van der Waals surface area contributed by atoms with Crippen LogP contribution in [0.15, 0.2) is 12.2 Å². The molecule has 0 aromatic rings. The van der Waals surface area contributed by atoms with Gasteiger partial charge in [-0.15, -0.1) is 0 Å². The van der Waals surface area contributed by atoms with Crippen LogP contribution in [0.2, 0.25) is 0 Å². The van der Waals surface area contributed by atoms with Crippen LogP contribution >= 0.6 is 12.6 Å². The third-order valence-electron chi connectivity index (χ3n) is 6.21. The summed E-state index contributed by atoms with van der Waals surface area (Å²) in [4.78, 5) is 58.3. The number of carboxylic acid groups (broad SMARTS) is 2. The molecule has 0 aliphatic carbocycles. The summed E-state index contributed by atoms with van der Waals surface area (Å²) in [6, 6.07) is -2.28.